The van der Waals surface area contributed by atoms with E-state index in [0.717, 1.165) is 0 Å². The van der Waals surface area contributed by atoms with Gasteiger partial charge in [0.1, 0.15) is 5.60 Å². The molecule has 0 bridgehead atoms. The van der Waals surface area contributed by atoms with Crippen LogP contribution in [0.1, 0.15) is 33.6 Å². The Bertz CT molecular complexity index is 130. The SMILES string of the molecule is CCOC(CC)(CC)C(N)(Cl)Cl. The first-order valence-electron chi connectivity index (χ1n) is 4.24. The van der Waals surface area contributed by atoms with Crippen molar-refractivity contribution < 1.29 is 4.74 Å². The lowest BCUT2D eigenvalue weighted by molar-refractivity contribution is -0.0563. The number of halogens is 2. The Labute approximate surface area is 84.4 Å². The maximum absolute atomic E-state index is 5.85. The van der Waals surface area contributed by atoms with E-state index in [0.29, 0.717) is 19.4 Å². The van der Waals surface area contributed by atoms with Crippen molar-refractivity contribution in [3.63, 3.8) is 0 Å². The van der Waals surface area contributed by atoms with E-state index >= 15 is 0 Å². The minimum Gasteiger partial charge on any atom is -0.371 e. The van der Waals surface area contributed by atoms with E-state index in [-0.39, 0.29) is 0 Å². The summed E-state index contributed by atoms with van der Waals surface area (Å²) in [6, 6.07) is 0. The maximum Gasteiger partial charge on any atom is 0.195 e. The van der Waals surface area contributed by atoms with Crippen molar-refractivity contribution in [3.8, 4) is 0 Å². The molecule has 0 aromatic rings. The van der Waals surface area contributed by atoms with Crippen LogP contribution in [0.3, 0.4) is 0 Å². The Kier molecular flexibility index (Phi) is 4.85. The minimum atomic E-state index is -1.31. The molecular formula is C8H17Cl2NO. The Morgan fingerprint density at radius 2 is 1.58 bits per heavy atom. The quantitative estimate of drug-likeness (QED) is 0.564. The highest BCUT2D eigenvalue weighted by Crippen LogP contribution is 2.37. The summed E-state index contributed by atoms with van der Waals surface area (Å²) >= 11 is 11.7. The van der Waals surface area contributed by atoms with Crippen LogP contribution in [0.25, 0.3) is 0 Å². The summed E-state index contributed by atoms with van der Waals surface area (Å²) in [5.41, 5.74) is 5.01. The first-order valence-corrected chi connectivity index (χ1v) is 4.99. The van der Waals surface area contributed by atoms with Crippen molar-refractivity contribution >= 4 is 23.2 Å². The average molecular weight is 214 g/mol. The molecule has 0 aliphatic carbocycles. The van der Waals surface area contributed by atoms with Gasteiger partial charge in [-0.2, -0.15) is 0 Å². The molecule has 0 heterocycles. The highest BCUT2D eigenvalue weighted by molar-refractivity contribution is 6.48. The number of hydrogen-bond acceptors (Lipinski definition) is 2. The average Bonchev–Trinajstić information content (AvgIpc) is 1.98. The summed E-state index contributed by atoms with van der Waals surface area (Å²) in [7, 11) is 0. The molecule has 0 saturated heterocycles. The topological polar surface area (TPSA) is 35.2 Å². The Morgan fingerprint density at radius 3 is 1.67 bits per heavy atom. The van der Waals surface area contributed by atoms with Gasteiger partial charge >= 0.3 is 0 Å². The zero-order valence-corrected chi connectivity index (χ0v) is 9.37. The van der Waals surface area contributed by atoms with Gasteiger partial charge in [0, 0.05) is 6.61 Å². The number of alkyl halides is 2. The van der Waals surface area contributed by atoms with Gasteiger partial charge in [0.25, 0.3) is 0 Å². The first-order chi connectivity index (χ1) is 5.43. The molecule has 0 saturated carbocycles. The van der Waals surface area contributed by atoms with Crippen molar-refractivity contribution in [2.75, 3.05) is 6.61 Å². The third-order valence-electron chi connectivity index (χ3n) is 2.17. The van der Waals surface area contributed by atoms with Gasteiger partial charge in [-0.25, -0.2) is 0 Å². The standard InChI is InChI=1S/C8H17Cl2NO/c1-4-7(5-2,12-6-3)8(9,10)11/h4-6,11H2,1-3H3. The summed E-state index contributed by atoms with van der Waals surface area (Å²) in [5, 5.41) is 0. The third-order valence-corrected chi connectivity index (χ3v) is 2.86. The van der Waals surface area contributed by atoms with Gasteiger partial charge in [-0.15, -0.1) is 0 Å². The minimum absolute atomic E-state index is 0.570. The molecule has 0 rings (SSSR count). The second kappa shape index (κ2) is 4.66. The Balaban J connectivity index is 4.57. The molecule has 0 aliphatic rings. The summed E-state index contributed by atoms with van der Waals surface area (Å²) in [4.78, 5) is 0. The normalized spacial score (nSPS) is 13.5. The van der Waals surface area contributed by atoms with Gasteiger partial charge < -0.3 is 4.74 Å². The van der Waals surface area contributed by atoms with E-state index in [1.807, 2.05) is 20.8 Å². The second-order valence-electron chi connectivity index (χ2n) is 2.76. The highest BCUT2D eigenvalue weighted by atomic mass is 35.5. The molecule has 74 valence electrons. The van der Waals surface area contributed by atoms with Crippen LogP contribution in [0.15, 0.2) is 0 Å². The molecule has 2 N–H and O–H groups in total. The Morgan fingerprint density at radius 1 is 1.17 bits per heavy atom. The van der Waals surface area contributed by atoms with Gasteiger partial charge in [-0.05, 0) is 19.8 Å². The van der Waals surface area contributed by atoms with E-state index in [1.54, 1.807) is 0 Å². The molecule has 0 aromatic heterocycles. The lowest BCUT2D eigenvalue weighted by atomic mass is 9.96. The van der Waals surface area contributed by atoms with Crippen molar-refractivity contribution in [1.82, 2.24) is 0 Å². The fourth-order valence-corrected chi connectivity index (χ4v) is 1.94. The molecule has 0 unspecified atom stereocenters. The monoisotopic (exact) mass is 213 g/mol. The zero-order valence-electron chi connectivity index (χ0n) is 7.86. The summed E-state index contributed by atoms with van der Waals surface area (Å²) in [5.74, 6) is 0. The fourth-order valence-electron chi connectivity index (χ4n) is 1.30. The van der Waals surface area contributed by atoms with Gasteiger partial charge in [0.05, 0.1) is 0 Å². The van der Waals surface area contributed by atoms with Crippen LogP contribution in [-0.2, 0) is 4.74 Å². The van der Waals surface area contributed by atoms with E-state index in [4.69, 9.17) is 33.7 Å². The largest absolute Gasteiger partial charge is 0.371 e. The number of nitrogens with two attached hydrogens (primary N) is 1. The van der Waals surface area contributed by atoms with Crippen LogP contribution in [0, 0.1) is 0 Å². The predicted molar refractivity (Wildman–Crippen MR) is 53.6 cm³/mol. The van der Waals surface area contributed by atoms with Gasteiger partial charge in [-0.3, -0.25) is 5.73 Å². The molecule has 0 aromatic carbocycles. The van der Waals surface area contributed by atoms with Crippen LogP contribution in [-0.4, -0.2) is 16.7 Å². The van der Waals surface area contributed by atoms with E-state index in [1.165, 1.54) is 0 Å². The number of hydrogen-bond donors (Lipinski definition) is 1. The lowest BCUT2D eigenvalue weighted by Crippen LogP contribution is -2.53. The van der Waals surface area contributed by atoms with Crippen molar-refractivity contribution in [2.45, 2.75) is 43.7 Å². The first kappa shape index (κ1) is 12.5. The van der Waals surface area contributed by atoms with E-state index < -0.39 is 10.1 Å². The van der Waals surface area contributed by atoms with Crippen molar-refractivity contribution in [3.05, 3.63) is 0 Å². The van der Waals surface area contributed by atoms with Gasteiger partial charge in [0.2, 0.25) is 0 Å². The van der Waals surface area contributed by atoms with Crippen LogP contribution in [0.2, 0.25) is 0 Å². The molecule has 4 heteroatoms. The number of rotatable bonds is 5. The molecule has 0 aliphatic heterocycles. The Hall–Kier alpha value is 0.500. The third kappa shape index (κ3) is 2.49. The van der Waals surface area contributed by atoms with Crippen LogP contribution < -0.4 is 5.73 Å². The molecule has 0 spiro atoms. The summed E-state index contributed by atoms with van der Waals surface area (Å²) in [6.45, 7) is 6.40. The second-order valence-corrected chi connectivity index (χ2v) is 4.14. The molecule has 0 amide bonds. The van der Waals surface area contributed by atoms with Crippen molar-refractivity contribution in [1.29, 1.82) is 0 Å². The van der Waals surface area contributed by atoms with Crippen LogP contribution in [0.4, 0.5) is 0 Å². The molecular weight excluding hydrogens is 197 g/mol. The van der Waals surface area contributed by atoms with E-state index in [9.17, 15) is 0 Å². The maximum atomic E-state index is 5.85. The van der Waals surface area contributed by atoms with Crippen LogP contribution >= 0.6 is 23.2 Å². The van der Waals surface area contributed by atoms with Crippen LogP contribution in [0.5, 0.6) is 0 Å². The van der Waals surface area contributed by atoms with Gasteiger partial charge in [0.15, 0.2) is 4.46 Å². The zero-order chi connectivity index (χ0) is 9.83. The smallest absolute Gasteiger partial charge is 0.195 e. The van der Waals surface area contributed by atoms with E-state index in [2.05, 4.69) is 0 Å². The predicted octanol–water partition coefficient (Wildman–Crippen LogP) is 2.67. The molecule has 0 atom stereocenters. The number of ether oxygens (including phenoxy) is 1. The van der Waals surface area contributed by atoms with Crippen molar-refractivity contribution in [2.24, 2.45) is 5.73 Å². The fraction of sp³-hybridized carbons (Fsp3) is 1.00. The highest BCUT2D eigenvalue weighted by Gasteiger charge is 2.44. The molecule has 0 fully saturated rings. The molecule has 0 radical (unpaired) electrons. The summed E-state index contributed by atoms with van der Waals surface area (Å²) in [6.07, 6.45) is 1.42. The molecule has 12 heavy (non-hydrogen) atoms. The van der Waals surface area contributed by atoms with Gasteiger partial charge in [-0.1, -0.05) is 37.0 Å². The lowest BCUT2D eigenvalue weighted by Gasteiger charge is -2.39. The molecule has 2 nitrogen and oxygen atoms in total. The summed E-state index contributed by atoms with van der Waals surface area (Å²) < 4.78 is 4.19.